The van der Waals surface area contributed by atoms with Crippen LogP contribution in [0.1, 0.15) is 21.5 Å². The van der Waals surface area contributed by atoms with Crippen LogP contribution in [-0.2, 0) is 6.61 Å². The van der Waals surface area contributed by atoms with Crippen LogP contribution in [0.15, 0.2) is 77.9 Å². The number of halogens is 2. The SMILES string of the molecule is O=C(N/N=C\c1ccc(OCc2c(Cl)cccc2Cl)cc1)c1ccccc1. The molecule has 0 aromatic heterocycles. The van der Waals surface area contributed by atoms with Crippen LogP contribution in [0.5, 0.6) is 5.75 Å². The second-order valence-electron chi connectivity index (χ2n) is 5.62. The summed E-state index contributed by atoms with van der Waals surface area (Å²) >= 11 is 12.3. The molecule has 0 aliphatic carbocycles. The van der Waals surface area contributed by atoms with E-state index in [9.17, 15) is 4.79 Å². The van der Waals surface area contributed by atoms with E-state index in [4.69, 9.17) is 27.9 Å². The number of amides is 1. The molecule has 0 unspecified atom stereocenters. The molecule has 0 fully saturated rings. The molecule has 0 aliphatic rings. The van der Waals surface area contributed by atoms with Gasteiger partial charge >= 0.3 is 0 Å². The summed E-state index contributed by atoms with van der Waals surface area (Å²) in [6.07, 6.45) is 1.57. The molecule has 0 bridgehead atoms. The predicted molar refractivity (Wildman–Crippen MR) is 109 cm³/mol. The van der Waals surface area contributed by atoms with Crippen molar-refractivity contribution in [2.45, 2.75) is 6.61 Å². The number of nitrogens with one attached hydrogen (secondary N) is 1. The Morgan fingerprint density at radius 3 is 2.26 bits per heavy atom. The van der Waals surface area contributed by atoms with Gasteiger partial charge in [-0.1, -0.05) is 47.5 Å². The number of carbonyl (C=O) groups excluding carboxylic acids is 1. The van der Waals surface area contributed by atoms with Crippen LogP contribution in [-0.4, -0.2) is 12.1 Å². The zero-order chi connectivity index (χ0) is 19.1. The Bertz CT molecular complexity index is 922. The van der Waals surface area contributed by atoms with Crippen molar-refractivity contribution >= 4 is 35.3 Å². The summed E-state index contributed by atoms with van der Waals surface area (Å²) in [7, 11) is 0. The average molecular weight is 399 g/mol. The third-order valence-electron chi connectivity index (χ3n) is 3.74. The summed E-state index contributed by atoms with van der Waals surface area (Å²) in [5, 5.41) is 5.10. The molecule has 0 heterocycles. The van der Waals surface area contributed by atoms with Gasteiger partial charge in [-0.2, -0.15) is 5.10 Å². The first-order chi connectivity index (χ1) is 13.1. The molecule has 6 heteroatoms. The Hall–Kier alpha value is -2.82. The van der Waals surface area contributed by atoms with E-state index in [-0.39, 0.29) is 12.5 Å². The first-order valence-corrected chi connectivity index (χ1v) is 8.93. The Kier molecular flexibility index (Phi) is 6.47. The maximum Gasteiger partial charge on any atom is 0.271 e. The van der Waals surface area contributed by atoms with Gasteiger partial charge in [0, 0.05) is 21.2 Å². The standard InChI is InChI=1S/C21H16Cl2N2O2/c22-19-7-4-8-20(23)18(19)14-27-17-11-9-15(10-12-17)13-24-25-21(26)16-5-2-1-3-6-16/h1-13H,14H2,(H,25,26)/b24-13-. The van der Waals surface area contributed by atoms with Gasteiger partial charge in [-0.3, -0.25) is 4.79 Å². The molecule has 0 spiro atoms. The number of nitrogens with zero attached hydrogens (tertiary/aromatic N) is 1. The highest BCUT2D eigenvalue weighted by molar-refractivity contribution is 6.35. The molecule has 3 aromatic rings. The van der Waals surface area contributed by atoms with E-state index in [0.29, 0.717) is 21.4 Å². The fraction of sp³-hybridized carbons (Fsp3) is 0.0476. The van der Waals surface area contributed by atoms with Crippen LogP contribution >= 0.6 is 23.2 Å². The molecule has 1 amide bonds. The van der Waals surface area contributed by atoms with Gasteiger partial charge in [-0.25, -0.2) is 5.43 Å². The fourth-order valence-electron chi connectivity index (χ4n) is 2.30. The minimum Gasteiger partial charge on any atom is -0.489 e. The van der Waals surface area contributed by atoms with Gasteiger partial charge in [0.05, 0.1) is 6.21 Å². The maximum atomic E-state index is 11.9. The molecule has 3 rings (SSSR count). The van der Waals surface area contributed by atoms with Crippen molar-refractivity contribution in [1.29, 1.82) is 0 Å². The minimum atomic E-state index is -0.261. The van der Waals surface area contributed by atoms with Gasteiger partial charge < -0.3 is 4.74 Å². The van der Waals surface area contributed by atoms with Gasteiger partial charge in [-0.05, 0) is 54.1 Å². The van der Waals surface area contributed by atoms with Gasteiger partial charge in [0.15, 0.2) is 0 Å². The van der Waals surface area contributed by atoms with Crippen molar-refractivity contribution in [3.8, 4) is 5.75 Å². The lowest BCUT2D eigenvalue weighted by Gasteiger charge is -2.09. The first kappa shape index (κ1) is 19.0. The van der Waals surface area contributed by atoms with Crippen molar-refractivity contribution in [2.75, 3.05) is 0 Å². The smallest absolute Gasteiger partial charge is 0.271 e. The van der Waals surface area contributed by atoms with E-state index >= 15 is 0 Å². The van der Waals surface area contributed by atoms with Crippen LogP contribution in [0.25, 0.3) is 0 Å². The van der Waals surface area contributed by atoms with Gasteiger partial charge in [0.1, 0.15) is 12.4 Å². The highest BCUT2D eigenvalue weighted by atomic mass is 35.5. The van der Waals surface area contributed by atoms with E-state index in [1.54, 1.807) is 48.7 Å². The van der Waals surface area contributed by atoms with Crippen LogP contribution in [0, 0.1) is 0 Å². The van der Waals surface area contributed by atoms with Crippen molar-refractivity contribution in [3.05, 3.63) is 99.5 Å². The molecule has 1 N–H and O–H groups in total. The number of hydrogen-bond acceptors (Lipinski definition) is 3. The van der Waals surface area contributed by atoms with Crippen molar-refractivity contribution < 1.29 is 9.53 Å². The highest BCUT2D eigenvalue weighted by Crippen LogP contribution is 2.25. The van der Waals surface area contributed by atoms with Gasteiger partial charge in [0.2, 0.25) is 0 Å². The summed E-state index contributed by atoms with van der Waals surface area (Å²) in [4.78, 5) is 11.9. The second-order valence-corrected chi connectivity index (χ2v) is 6.44. The van der Waals surface area contributed by atoms with E-state index < -0.39 is 0 Å². The van der Waals surface area contributed by atoms with Crippen LogP contribution < -0.4 is 10.2 Å². The average Bonchev–Trinajstić information content (AvgIpc) is 2.69. The maximum absolute atomic E-state index is 11.9. The van der Waals surface area contributed by atoms with E-state index in [0.717, 1.165) is 11.1 Å². The Morgan fingerprint density at radius 2 is 1.59 bits per heavy atom. The summed E-state index contributed by atoms with van der Waals surface area (Å²) < 4.78 is 5.73. The summed E-state index contributed by atoms with van der Waals surface area (Å²) in [6.45, 7) is 0.277. The third-order valence-corrected chi connectivity index (χ3v) is 4.45. The molecule has 0 aliphatic heterocycles. The summed E-state index contributed by atoms with van der Waals surface area (Å²) in [5.41, 5.74) is 4.61. The largest absolute Gasteiger partial charge is 0.489 e. The number of ether oxygens (including phenoxy) is 1. The van der Waals surface area contributed by atoms with E-state index in [1.807, 2.05) is 30.3 Å². The molecule has 4 nitrogen and oxygen atoms in total. The molecule has 0 saturated carbocycles. The van der Waals surface area contributed by atoms with Gasteiger partial charge in [0.25, 0.3) is 5.91 Å². The lowest BCUT2D eigenvalue weighted by atomic mass is 10.2. The van der Waals surface area contributed by atoms with E-state index in [2.05, 4.69) is 10.5 Å². The number of hydrazone groups is 1. The number of rotatable bonds is 6. The van der Waals surface area contributed by atoms with Crippen molar-refractivity contribution in [1.82, 2.24) is 5.43 Å². The molecule has 136 valence electrons. The predicted octanol–water partition coefficient (Wildman–Crippen LogP) is 5.34. The van der Waals surface area contributed by atoms with E-state index in [1.165, 1.54) is 0 Å². The fourth-order valence-corrected chi connectivity index (χ4v) is 2.80. The molecule has 27 heavy (non-hydrogen) atoms. The Labute approximate surface area is 167 Å². The lowest BCUT2D eigenvalue weighted by molar-refractivity contribution is 0.0955. The van der Waals surface area contributed by atoms with Crippen molar-refractivity contribution in [2.24, 2.45) is 5.10 Å². The zero-order valence-corrected chi connectivity index (χ0v) is 15.7. The van der Waals surface area contributed by atoms with Gasteiger partial charge in [-0.15, -0.1) is 0 Å². The number of hydrogen-bond donors (Lipinski definition) is 1. The first-order valence-electron chi connectivity index (χ1n) is 8.17. The Balaban J connectivity index is 1.55. The molecule has 0 saturated heterocycles. The third kappa shape index (κ3) is 5.33. The highest BCUT2D eigenvalue weighted by Gasteiger charge is 2.06. The molecular formula is C21H16Cl2N2O2. The monoisotopic (exact) mass is 398 g/mol. The summed E-state index contributed by atoms with van der Waals surface area (Å²) in [5.74, 6) is 0.417. The molecule has 0 atom stereocenters. The summed E-state index contributed by atoms with van der Waals surface area (Å²) in [6, 6.07) is 21.5. The van der Waals surface area contributed by atoms with Crippen molar-refractivity contribution in [3.63, 3.8) is 0 Å². The number of carbonyl (C=O) groups is 1. The minimum absolute atomic E-state index is 0.261. The number of benzene rings is 3. The topological polar surface area (TPSA) is 50.7 Å². The van der Waals surface area contributed by atoms with Crippen LogP contribution in [0.2, 0.25) is 10.0 Å². The normalized spacial score (nSPS) is 10.7. The molecule has 0 radical (unpaired) electrons. The Morgan fingerprint density at radius 1 is 0.926 bits per heavy atom. The zero-order valence-electron chi connectivity index (χ0n) is 14.2. The molecular weight excluding hydrogens is 383 g/mol. The quantitative estimate of drug-likeness (QED) is 0.450. The molecule has 3 aromatic carbocycles. The lowest BCUT2D eigenvalue weighted by Crippen LogP contribution is -2.17. The van der Waals surface area contributed by atoms with Crippen LogP contribution in [0.3, 0.4) is 0 Å². The van der Waals surface area contributed by atoms with Crippen LogP contribution in [0.4, 0.5) is 0 Å². The second kappa shape index (κ2) is 9.21.